The maximum Gasteiger partial charge on any atom is 0.422 e. The van der Waals surface area contributed by atoms with Crippen molar-refractivity contribution < 1.29 is 37.0 Å². The molecule has 2 rings (SSSR count). The molecule has 0 radical (unpaired) electrons. The van der Waals surface area contributed by atoms with Gasteiger partial charge in [-0.3, -0.25) is 0 Å². The van der Waals surface area contributed by atoms with Gasteiger partial charge >= 0.3 is 18.1 Å². The number of hydrogen-bond acceptors (Lipinski definition) is 6. The molecule has 1 aliphatic rings. The van der Waals surface area contributed by atoms with Gasteiger partial charge < -0.3 is 19.1 Å². The molecule has 0 amide bonds. The number of allylic oxidation sites excluding steroid dienone is 2. The van der Waals surface area contributed by atoms with Gasteiger partial charge in [0.25, 0.3) is 0 Å². The Labute approximate surface area is 163 Å². The second-order valence-electron chi connectivity index (χ2n) is 5.33. The van der Waals surface area contributed by atoms with Crippen LogP contribution in [0.1, 0.15) is 0 Å². The number of carbonyl (C=O) groups is 2. The van der Waals surface area contributed by atoms with Crippen molar-refractivity contribution in [2.45, 2.75) is 6.18 Å². The number of carbonyl (C=O) groups excluding carboxylic acids is 2. The molecule has 0 saturated carbocycles. The zero-order valence-electron chi connectivity index (χ0n) is 14.7. The second-order valence-corrected chi connectivity index (χ2v) is 5.74. The van der Waals surface area contributed by atoms with Crippen LogP contribution < -0.4 is 9.64 Å². The number of ether oxygens (including phenoxy) is 3. The van der Waals surface area contributed by atoms with E-state index >= 15 is 0 Å². The molecule has 0 spiro atoms. The zero-order valence-corrected chi connectivity index (χ0v) is 15.5. The molecule has 1 aliphatic heterocycles. The lowest BCUT2D eigenvalue weighted by atomic mass is 10.1. The van der Waals surface area contributed by atoms with Gasteiger partial charge in [-0.05, 0) is 30.4 Å². The molecule has 0 fully saturated rings. The van der Waals surface area contributed by atoms with Crippen molar-refractivity contribution in [1.29, 1.82) is 0 Å². The maximum atomic E-state index is 12.3. The van der Waals surface area contributed by atoms with Gasteiger partial charge in [0, 0.05) is 11.9 Å². The molecule has 10 heteroatoms. The van der Waals surface area contributed by atoms with Crippen molar-refractivity contribution in [3.63, 3.8) is 0 Å². The van der Waals surface area contributed by atoms with Crippen molar-refractivity contribution in [2.75, 3.05) is 25.7 Å². The van der Waals surface area contributed by atoms with E-state index in [1.807, 2.05) is 0 Å². The van der Waals surface area contributed by atoms with Crippen LogP contribution in [0.25, 0.3) is 0 Å². The summed E-state index contributed by atoms with van der Waals surface area (Å²) in [7, 11) is 2.30. The smallest absolute Gasteiger partial charge is 0.422 e. The summed E-state index contributed by atoms with van der Waals surface area (Å²) < 4.78 is 51.1. The lowest BCUT2D eigenvalue weighted by Crippen LogP contribution is -2.27. The topological polar surface area (TPSA) is 65.1 Å². The number of esters is 2. The minimum atomic E-state index is -4.52. The number of rotatable bonds is 5. The number of alkyl halides is 3. The lowest BCUT2D eigenvalue weighted by Gasteiger charge is -2.23. The SMILES string of the molecule is COC(=O)C1=C(C(=O)OC)N(c2ccc(OCC(F)(F)F)c(Cl)c2)C=CC=C1. The highest BCUT2D eigenvalue weighted by atomic mass is 35.5. The van der Waals surface area contributed by atoms with Gasteiger partial charge in [0.05, 0.1) is 24.8 Å². The van der Waals surface area contributed by atoms with Gasteiger partial charge in [0.1, 0.15) is 11.4 Å². The fourth-order valence-electron chi connectivity index (χ4n) is 2.28. The molecule has 0 saturated heterocycles. The van der Waals surface area contributed by atoms with Crippen molar-refractivity contribution in [3.8, 4) is 5.75 Å². The standard InChI is InChI=1S/C18H15ClF3NO5/c1-26-16(24)12-5-3-4-8-23(15(12)17(25)27-2)11-6-7-14(13(19)9-11)28-10-18(20,21)22/h3-9H,10H2,1-2H3. The third kappa shape index (κ3) is 5.07. The second kappa shape index (κ2) is 8.83. The van der Waals surface area contributed by atoms with Crippen LogP contribution in [0.5, 0.6) is 5.75 Å². The molecule has 0 atom stereocenters. The van der Waals surface area contributed by atoms with E-state index in [2.05, 4.69) is 4.74 Å². The monoisotopic (exact) mass is 417 g/mol. The molecule has 0 aromatic heterocycles. The number of halogens is 4. The molecule has 28 heavy (non-hydrogen) atoms. The Kier molecular flexibility index (Phi) is 6.74. The summed E-state index contributed by atoms with van der Waals surface area (Å²) in [6, 6.07) is 3.90. The van der Waals surface area contributed by atoms with Crippen LogP contribution in [-0.2, 0) is 19.1 Å². The average molecular weight is 418 g/mol. The van der Waals surface area contributed by atoms with E-state index in [1.165, 1.54) is 41.5 Å². The number of hydrogen-bond donors (Lipinski definition) is 0. The fraction of sp³-hybridized carbons (Fsp3) is 0.222. The predicted octanol–water partition coefficient (Wildman–Crippen LogP) is 3.77. The number of benzene rings is 1. The van der Waals surface area contributed by atoms with Crippen LogP contribution in [0.3, 0.4) is 0 Å². The largest absolute Gasteiger partial charge is 0.483 e. The average Bonchev–Trinajstić information content (AvgIpc) is 2.88. The van der Waals surface area contributed by atoms with Crippen molar-refractivity contribution in [3.05, 3.63) is 58.9 Å². The summed E-state index contributed by atoms with van der Waals surface area (Å²) in [5, 5.41) is -0.115. The van der Waals surface area contributed by atoms with Crippen LogP contribution in [0, 0.1) is 0 Å². The Balaban J connectivity index is 2.47. The first-order valence-corrected chi connectivity index (χ1v) is 8.10. The third-order valence-corrected chi connectivity index (χ3v) is 3.77. The summed E-state index contributed by atoms with van der Waals surface area (Å²) in [5.74, 6) is -1.79. The van der Waals surface area contributed by atoms with Gasteiger partial charge in [-0.2, -0.15) is 13.2 Å². The van der Waals surface area contributed by atoms with E-state index in [1.54, 1.807) is 6.08 Å². The Bertz CT molecular complexity index is 861. The highest BCUT2D eigenvalue weighted by molar-refractivity contribution is 6.32. The summed E-state index contributed by atoms with van der Waals surface area (Å²) in [6.07, 6.45) is 1.37. The predicted molar refractivity (Wildman–Crippen MR) is 94.8 cm³/mol. The van der Waals surface area contributed by atoms with E-state index in [-0.39, 0.29) is 27.7 Å². The minimum absolute atomic E-state index is 0.0760. The van der Waals surface area contributed by atoms with Crippen molar-refractivity contribution in [2.24, 2.45) is 0 Å². The third-order valence-electron chi connectivity index (χ3n) is 3.47. The molecule has 0 bridgehead atoms. The summed E-state index contributed by atoms with van der Waals surface area (Å²) in [4.78, 5) is 25.7. The van der Waals surface area contributed by atoms with Crippen molar-refractivity contribution >= 4 is 29.2 Å². The van der Waals surface area contributed by atoms with E-state index in [9.17, 15) is 22.8 Å². The molecule has 1 heterocycles. The Hall–Kier alpha value is -2.94. The molecule has 6 nitrogen and oxygen atoms in total. The molecule has 150 valence electrons. The van der Waals surface area contributed by atoms with Crippen LogP contribution in [-0.4, -0.2) is 38.9 Å². The molecule has 1 aromatic carbocycles. The van der Waals surface area contributed by atoms with Gasteiger partial charge in [-0.1, -0.05) is 17.7 Å². The molecular weight excluding hydrogens is 403 g/mol. The van der Waals surface area contributed by atoms with Crippen LogP contribution in [0.15, 0.2) is 53.9 Å². The van der Waals surface area contributed by atoms with Crippen LogP contribution in [0.4, 0.5) is 18.9 Å². The normalized spacial score (nSPS) is 14.0. The van der Waals surface area contributed by atoms with E-state index in [4.69, 9.17) is 21.1 Å². The lowest BCUT2D eigenvalue weighted by molar-refractivity contribution is -0.153. The highest BCUT2D eigenvalue weighted by Crippen LogP contribution is 2.33. The highest BCUT2D eigenvalue weighted by Gasteiger charge is 2.30. The zero-order chi connectivity index (χ0) is 20.9. The molecule has 0 unspecified atom stereocenters. The Morgan fingerprint density at radius 2 is 1.79 bits per heavy atom. The van der Waals surface area contributed by atoms with Gasteiger partial charge in [-0.15, -0.1) is 0 Å². The molecule has 0 aliphatic carbocycles. The number of anilines is 1. The van der Waals surface area contributed by atoms with E-state index in [0.717, 1.165) is 14.2 Å². The molecule has 1 aromatic rings. The first-order valence-electron chi connectivity index (χ1n) is 7.72. The van der Waals surface area contributed by atoms with Gasteiger partial charge in [0.2, 0.25) is 0 Å². The molecular formula is C18H15ClF3NO5. The van der Waals surface area contributed by atoms with Crippen molar-refractivity contribution in [1.82, 2.24) is 0 Å². The Morgan fingerprint density at radius 1 is 1.11 bits per heavy atom. The van der Waals surface area contributed by atoms with Crippen LogP contribution >= 0.6 is 11.6 Å². The number of methoxy groups -OCH3 is 2. The first-order chi connectivity index (χ1) is 13.2. The Morgan fingerprint density at radius 3 is 2.36 bits per heavy atom. The maximum absolute atomic E-state index is 12.3. The van der Waals surface area contributed by atoms with Gasteiger partial charge in [0.15, 0.2) is 6.61 Å². The van der Waals surface area contributed by atoms with Crippen LogP contribution in [0.2, 0.25) is 5.02 Å². The summed E-state index contributed by atoms with van der Waals surface area (Å²) in [6.45, 7) is -1.50. The van der Waals surface area contributed by atoms with E-state index < -0.39 is 24.7 Å². The van der Waals surface area contributed by atoms with Gasteiger partial charge in [-0.25, -0.2) is 9.59 Å². The minimum Gasteiger partial charge on any atom is -0.483 e. The number of nitrogens with zero attached hydrogens (tertiary/aromatic N) is 1. The fourth-order valence-corrected chi connectivity index (χ4v) is 2.51. The molecule has 0 N–H and O–H groups in total. The quantitative estimate of drug-likeness (QED) is 0.679. The first kappa shape index (κ1) is 21.4. The summed E-state index contributed by atoms with van der Waals surface area (Å²) >= 11 is 6.02. The summed E-state index contributed by atoms with van der Waals surface area (Å²) in [5.41, 5.74) is 0.0540. The van der Waals surface area contributed by atoms with E-state index in [0.29, 0.717) is 0 Å².